The first-order valence-electron chi connectivity index (χ1n) is 7.07. The second-order valence-electron chi connectivity index (χ2n) is 5.49. The van der Waals surface area contributed by atoms with Crippen LogP contribution in [-0.2, 0) is 0 Å². The molecule has 0 unspecified atom stereocenters. The molecule has 20 heavy (non-hydrogen) atoms. The van der Waals surface area contributed by atoms with E-state index in [1.165, 1.54) is 0 Å². The summed E-state index contributed by atoms with van der Waals surface area (Å²) in [6.07, 6.45) is 0. The lowest BCUT2D eigenvalue weighted by Crippen LogP contribution is -2.61. The van der Waals surface area contributed by atoms with Crippen LogP contribution in [-0.4, -0.2) is 67.2 Å². The van der Waals surface area contributed by atoms with Crippen LogP contribution in [0.5, 0.6) is 0 Å². The third-order valence-electron chi connectivity index (χ3n) is 4.23. The van der Waals surface area contributed by atoms with Gasteiger partial charge in [-0.3, -0.25) is 0 Å². The number of aliphatic hydroxyl groups excluding tert-OH is 2. The van der Waals surface area contributed by atoms with Gasteiger partial charge in [-0.2, -0.15) is 0 Å². The molecule has 1 aliphatic rings. The zero-order valence-corrected chi connectivity index (χ0v) is 11.8. The van der Waals surface area contributed by atoms with Crippen molar-refractivity contribution in [1.29, 1.82) is 0 Å². The van der Waals surface area contributed by atoms with Crippen LogP contribution in [0.15, 0.2) is 18.2 Å². The molecular formula is C14H25N4O2+. The number of quaternary nitrogens is 1. The molecule has 6 nitrogen and oxygen atoms in total. The van der Waals surface area contributed by atoms with Gasteiger partial charge in [-0.15, -0.1) is 0 Å². The minimum absolute atomic E-state index is 0.157. The van der Waals surface area contributed by atoms with Crippen molar-refractivity contribution in [3.05, 3.63) is 18.2 Å². The van der Waals surface area contributed by atoms with Crippen LogP contribution in [0.3, 0.4) is 0 Å². The fourth-order valence-electron chi connectivity index (χ4n) is 2.97. The largest absolute Gasteiger partial charge is 0.399 e. The van der Waals surface area contributed by atoms with Crippen LogP contribution in [0.2, 0.25) is 0 Å². The second kappa shape index (κ2) is 6.30. The van der Waals surface area contributed by atoms with E-state index in [9.17, 15) is 10.2 Å². The van der Waals surface area contributed by atoms with Crippen molar-refractivity contribution in [3.8, 4) is 0 Å². The molecule has 1 aromatic rings. The van der Waals surface area contributed by atoms with Gasteiger partial charge in [-0.25, -0.2) is 0 Å². The highest BCUT2D eigenvalue weighted by Gasteiger charge is 2.32. The standard InChI is InChI=1S/C14H25N4O2/c15-12-1-2-14(13(16)11-12)17-3-5-18(6-4-17,7-9-19)8-10-20/h1-2,11,19-20H,3-10,15-16H2/q+1. The van der Waals surface area contributed by atoms with Gasteiger partial charge in [-0.05, 0) is 18.2 Å². The Morgan fingerprint density at radius 2 is 1.65 bits per heavy atom. The Kier molecular flexibility index (Phi) is 4.69. The summed E-state index contributed by atoms with van der Waals surface area (Å²) in [6.45, 7) is 5.27. The molecule has 1 heterocycles. The summed E-state index contributed by atoms with van der Waals surface area (Å²) in [4.78, 5) is 2.25. The van der Waals surface area contributed by atoms with Crippen LogP contribution in [0.25, 0.3) is 0 Å². The number of piperazine rings is 1. The monoisotopic (exact) mass is 281 g/mol. The molecule has 0 aliphatic carbocycles. The molecule has 6 heteroatoms. The summed E-state index contributed by atoms with van der Waals surface area (Å²) < 4.78 is 0.776. The molecule has 0 atom stereocenters. The summed E-state index contributed by atoms with van der Waals surface area (Å²) in [5.41, 5.74) is 14.1. The summed E-state index contributed by atoms with van der Waals surface area (Å²) in [5, 5.41) is 18.4. The average Bonchev–Trinajstić information content (AvgIpc) is 2.41. The molecule has 0 aromatic heterocycles. The van der Waals surface area contributed by atoms with Crippen molar-refractivity contribution in [3.63, 3.8) is 0 Å². The molecule has 0 spiro atoms. The molecule has 0 bridgehead atoms. The topological polar surface area (TPSA) is 95.7 Å². The van der Waals surface area contributed by atoms with Gasteiger partial charge in [0.25, 0.3) is 0 Å². The zero-order valence-electron chi connectivity index (χ0n) is 11.8. The number of benzene rings is 1. The van der Waals surface area contributed by atoms with Gasteiger partial charge in [0.15, 0.2) is 0 Å². The zero-order chi connectivity index (χ0) is 14.6. The first kappa shape index (κ1) is 14.9. The van der Waals surface area contributed by atoms with Gasteiger partial charge in [0.05, 0.1) is 50.8 Å². The normalized spacial score (nSPS) is 18.2. The maximum Gasteiger partial charge on any atom is 0.102 e. The van der Waals surface area contributed by atoms with E-state index in [1.54, 1.807) is 6.07 Å². The van der Waals surface area contributed by atoms with E-state index in [0.29, 0.717) is 24.5 Å². The highest BCUT2D eigenvalue weighted by molar-refractivity contribution is 5.71. The van der Waals surface area contributed by atoms with Gasteiger partial charge in [0.2, 0.25) is 0 Å². The number of nitrogens with two attached hydrogens (primary N) is 2. The summed E-state index contributed by atoms with van der Waals surface area (Å²) in [6, 6.07) is 5.61. The molecule has 1 aromatic carbocycles. The molecule has 2 rings (SSSR count). The smallest absolute Gasteiger partial charge is 0.102 e. The van der Waals surface area contributed by atoms with E-state index >= 15 is 0 Å². The first-order chi connectivity index (χ1) is 9.60. The lowest BCUT2D eigenvalue weighted by Gasteiger charge is -2.45. The lowest BCUT2D eigenvalue weighted by atomic mass is 10.1. The predicted molar refractivity (Wildman–Crippen MR) is 81.4 cm³/mol. The molecule has 1 fully saturated rings. The maximum absolute atomic E-state index is 9.22. The van der Waals surface area contributed by atoms with E-state index < -0.39 is 0 Å². The lowest BCUT2D eigenvalue weighted by molar-refractivity contribution is -0.929. The molecule has 6 N–H and O–H groups in total. The van der Waals surface area contributed by atoms with Crippen molar-refractivity contribution in [1.82, 2.24) is 0 Å². The van der Waals surface area contributed by atoms with Gasteiger partial charge in [-0.1, -0.05) is 0 Å². The Hall–Kier alpha value is -1.50. The fourth-order valence-corrected chi connectivity index (χ4v) is 2.97. The SMILES string of the molecule is Nc1ccc(N2CC[N+](CCO)(CCO)CC2)c(N)c1. The molecule has 0 radical (unpaired) electrons. The van der Waals surface area contributed by atoms with Crippen LogP contribution in [0.1, 0.15) is 0 Å². The molecule has 1 saturated heterocycles. The van der Waals surface area contributed by atoms with Gasteiger partial charge < -0.3 is 31.1 Å². The van der Waals surface area contributed by atoms with Crippen molar-refractivity contribution in [2.75, 3.05) is 68.8 Å². The maximum atomic E-state index is 9.22. The third-order valence-corrected chi connectivity index (χ3v) is 4.23. The van der Waals surface area contributed by atoms with Crippen molar-refractivity contribution in [2.45, 2.75) is 0 Å². The Morgan fingerprint density at radius 3 is 2.15 bits per heavy atom. The summed E-state index contributed by atoms with van der Waals surface area (Å²) in [7, 11) is 0. The molecular weight excluding hydrogens is 256 g/mol. The predicted octanol–water partition coefficient (Wildman–Crippen LogP) is -0.528. The van der Waals surface area contributed by atoms with Crippen LogP contribution in [0, 0.1) is 0 Å². The Bertz CT molecular complexity index is 437. The second-order valence-corrected chi connectivity index (χ2v) is 5.49. The number of aliphatic hydroxyl groups is 2. The van der Waals surface area contributed by atoms with Gasteiger partial charge >= 0.3 is 0 Å². The van der Waals surface area contributed by atoms with Crippen molar-refractivity contribution < 1.29 is 14.7 Å². The number of hydrogen-bond donors (Lipinski definition) is 4. The third kappa shape index (κ3) is 3.15. The first-order valence-corrected chi connectivity index (χ1v) is 7.07. The minimum Gasteiger partial charge on any atom is -0.399 e. The van der Waals surface area contributed by atoms with E-state index in [4.69, 9.17) is 11.5 Å². The Morgan fingerprint density at radius 1 is 1.05 bits per heavy atom. The molecule has 0 amide bonds. The molecule has 0 saturated carbocycles. The van der Waals surface area contributed by atoms with Crippen LogP contribution in [0.4, 0.5) is 17.1 Å². The van der Waals surface area contributed by atoms with Gasteiger partial charge in [0.1, 0.15) is 13.1 Å². The summed E-state index contributed by atoms with van der Waals surface area (Å²) >= 11 is 0. The number of anilines is 3. The Balaban J connectivity index is 2.06. The molecule has 112 valence electrons. The quantitative estimate of drug-likeness (QED) is 0.430. The number of rotatable bonds is 5. The van der Waals surface area contributed by atoms with Gasteiger partial charge in [0, 0.05) is 5.69 Å². The van der Waals surface area contributed by atoms with E-state index in [2.05, 4.69) is 4.90 Å². The Labute approximate surface area is 119 Å². The highest BCUT2D eigenvalue weighted by atomic mass is 16.3. The van der Waals surface area contributed by atoms with Crippen LogP contribution >= 0.6 is 0 Å². The fraction of sp³-hybridized carbons (Fsp3) is 0.571. The number of hydrogen-bond acceptors (Lipinski definition) is 5. The minimum atomic E-state index is 0.157. The number of nitrogen functional groups attached to an aromatic ring is 2. The van der Waals surface area contributed by atoms with E-state index in [1.807, 2.05) is 12.1 Å². The van der Waals surface area contributed by atoms with Crippen molar-refractivity contribution in [2.24, 2.45) is 0 Å². The summed E-state index contributed by atoms with van der Waals surface area (Å²) in [5.74, 6) is 0. The number of nitrogens with zero attached hydrogens (tertiary/aromatic N) is 2. The van der Waals surface area contributed by atoms with Crippen molar-refractivity contribution >= 4 is 17.1 Å². The van der Waals surface area contributed by atoms with Crippen LogP contribution < -0.4 is 16.4 Å². The average molecular weight is 281 g/mol. The molecule has 1 aliphatic heterocycles. The highest BCUT2D eigenvalue weighted by Crippen LogP contribution is 2.27. The van der Waals surface area contributed by atoms with E-state index in [0.717, 1.165) is 36.3 Å². The van der Waals surface area contributed by atoms with E-state index in [-0.39, 0.29) is 13.2 Å².